The van der Waals surface area contributed by atoms with Crippen LogP contribution < -0.4 is 13.8 Å². The second-order valence-corrected chi connectivity index (χ2v) is 11.3. The van der Waals surface area contributed by atoms with Crippen molar-refractivity contribution in [3.8, 4) is 11.5 Å². The first kappa shape index (κ1) is 26.6. The van der Waals surface area contributed by atoms with Gasteiger partial charge in [-0.15, -0.1) is 0 Å². The predicted molar refractivity (Wildman–Crippen MR) is 146 cm³/mol. The molecule has 0 bridgehead atoms. The predicted octanol–water partition coefficient (Wildman–Crippen LogP) is 5.74. The van der Waals surface area contributed by atoms with Crippen LogP contribution in [0.5, 0.6) is 11.5 Å². The highest BCUT2D eigenvalue weighted by Gasteiger charge is 2.33. The van der Waals surface area contributed by atoms with Gasteiger partial charge < -0.3 is 8.92 Å². The molecular weight excluding hydrogens is 560 g/mol. The van der Waals surface area contributed by atoms with E-state index in [-0.39, 0.29) is 22.2 Å². The number of hydrogen-bond donors (Lipinski definition) is 0. The van der Waals surface area contributed by atoms with Gasteiger partial charge in [0.25, 0.3) is 11.6 Å². The molecule has 4 rings (SSSR count). The number of methoxy groups -OCH3 is 1. The van der Waals surface area contributed by atoms with Gasteiger partial charge in [-0.25, -0.2) is 0 Å². The van der Waals surface area contributed by atoms with E-state index in [1.54, 1.807) is 36.4 Å². The molecule has 1 aliphatic rings. The van der Waals surface area contributed by atoms with Crippen molar-refractivity contribution in [1.82, 2.24) is 0 Å². The Kier molecular flexibility index (Phi) is 7.55. The number of halogens is 1. The molecule has 0 spiro atoms. The third-order valence-electron chi connectivity index (χ3n) is 5.24. The number of ether oxygens (including phenoxy) is 1. The summed E-state index contributed by atoms with van der Waals surface area (Å²) in [6, 6.07) is 14.4. The average molecular weight is 577 g/mol. The monoisotopic (exact) mass is 576 g/mol. The van der Waals surface area contributed by atoms with Crippen LogP contribution in [0.1, 0.15) is 11.1 Å². The fraction of sp³-hybridized carbons (Fsp3) is 0.0833. The van der Waals surface area contributed by atoms with E-state index >= 15 is 0 Å². The number of nitro benzene ring substituents is 1. The zero-order valence-corrected chi connectivity index (χ0v) is 22.4. The third kappa shape index (κ3) is 5.62. The molecule has 1 amide bonds. The Morgan fingerprint density at radius 3 is 2.43 bits per heavy atom. The number of nitro groups is 1. The molecule has 190 valence electrons. The summed E-state index contributed by atoms with van der Waals surface area (Å²) in [7, 11) is -2.82. The highest BCUT2D eigenvalue weighted by Crippen LogP contribution is 2.38. The lowest BCUT2D eigenvalue weighted by atomic mass is 10.2. The highest BCUT2D eigenvalue weighted by atomic mass is 35.5. The van der Waals surface area contributed by atoms with Gasteiger partial charge in [0.15, 0.2) is 4.32 Å². The van der Waals surface area contributed by atoms with Crippen molar-refractivity contribution in [1.29, 1.82) is 0 Å². The first-order chi connectivity index (χ1) is 17.5. The zero-order valence-electron chi connectivity index (χ0n) is 19.2. The first-order valence-electron chi connectivity index (χ1n) is 10.4. The fourth-order valence-electron chi connectivity index (χ4n) is 3.37. The van der Waals surface area contributed by atoms with E-state index < -0.39 is 15.0 Å². The van der Waals surface area contributed by atoms with Gasteiger partial charge in [-0.3, -0.25) is 19.8 Å². The van der Waals surface area contributed by atoms with Crippen LogP contribution in [0.15, 0.2) is 70.5 Å². The van der Waals surface area contributed by atoms with E-state index in [0.29, 0.717) is 36.8 Å². The molecule has 0 aromatic heterocycles. The summed E-state index contributed by atoms with van der Waals surface area (Å²) in [5, 5.41) is 11.5. The standard InChI is InChI=1S/C24H17ClN2O7S3/c1-14-3-9-18(13-20(14)27(29)30)37(31,32)34-17-7-4-15(5-8-17)11-22-23(28)26(24(35)36-22)16-6-10-21(33-2)19(25)12-16/h3-13H,1-2H3/b22-11-. The average Bonchev–Trinajstić information content (AvgIpc) is 3.12. The minimum absolute atomic E-state index is 0.000742. The highest BCUT2D eigenvalue weighted by molar-refractivity contribution is 8.27. The Morgan fingerprint density at radius 2 is 1.81 bits per heavy atom. The number of aryl methyl sites for hydroxylation is 1. The van der Waals surface area contributed by atoms with Crippen molar-refractivity contribution in [3.05, 3.63) is 91.8 Å². The largest absolute Gasteiger partial charge is 0.495 e. The van der Waals surface area contributed by atoms with E-state index in [2.05, 4.69) is 0 Å². The number of rotatable bonds is 7. The first-order valence-corrected chi connectivity index (χ1v) is 13.4. The molecule has 0 atom stereocenters. The van der Waals surface area contributed by atoms with Gasteiger partial charge in [0.2, 0.25) is 0 Å². The molecule has 1 aliphatic heterocycles. The van der Waals surface area contributed by atoms with E-state index in [1.165, 1.54) is 43.2 Å². The van der Waals surface area contributed by atoms with Crippen molar-refractivity contribution in [3.63, 3.8) is 0 Å². The Labute approximate surface area is 226 Å². The molecule has 1 heterocycles. The Morgan fingerprint density at radius 1 is 1.11 bits per heavy atom. The summed E-state index contributed by atoms with van der Waals surface area (Å²) in [5.74, 6) is 0.136. The van der Waals surface area contributed by atoms with Crippen molar-refractivity contribution in [2.45, 2.75) is 11.8 Å². The summed E-state index contributed by atoms with van der Waals surface area (Å²) >= 11 is 12.7. The fourth-order valence-corrected chi connectivity index (χ4v) is 5.87. The summed E-state index contributed by atoms with van der Waals surface area (Å²) in [6.45, 7) is 1.51. The van der Waals surface area contributed by atoms with Crippen LogP contribution in [0.25, 0.3) is 6.08 Å². The van der Waals surface area contributed by atoms with Crippen molar-refractivity contribution in [2.75, 3.05) is 12.0 Å². The number of hydrogen-bond acceptors (Lipinski definition) is 9. The van der Waals surface area contributed by atoms with Crippen LogP contribution >= 0.6 is 35.6 Å². The number of benzene rings is 3. The van der Waals surface area contributed by atoms with Crippen LogP contribution in [-0.4, -0.2) is 30.7 Å². The van der Waals surface area contributed by atoms with E-state index in [1.807, 2.05) is 0 Å². The second-order valence-electron chi connectivity index (χ2n) is 7.65. The minimum atomic E-state index is -4.31. The quantitative estimate of drug-likeness (QED) is 0.114. The molecule has 0 radical (unpaired) electrons. The van der Waals surface area contributed by atoms with Gasteiger partial charge in [-0.2, -0.15) is 8.42 Å². The number of carbonyl (C=O) groups excluding carboxylic acids is 1. The lowest BCUT2D eigenvalue weighted by Crippen LogP contribution is -2.27. The second kappa shape index (κ2) is 10.5. The van der Waals surface area contributed by atoms with E-state index in [4.69, 9.17) is 32.7 Å². The molecule has 37 heavy (non-hydrogen) atoms. The van der Waals surface area contributed by atoms with Crippen molar-refractivity contribution >= 4 is 73.4 Å². The molecule has 9 nitrogen and oxygen atoms in total. The number of carbonyl (C=O) groups is 1. The zero-order chi connectivity index (χ0) is 26.9. The molecule has 3 aromatic rings. The van der Waals surface area contributed by atoms with E-state index in [9.17, 15) is 23.3 Å². The molecule has 1 fully saturated rings. The topological polar surface area (TPSA) is 116 Å². The number of nitrogens with zero attached hydrogens (tertiary/aromatic N) is 2. The summed E-state index contributed by atoms with van der Waals surface area (Å²) in [5.41, 5.74) is 1.11. The smallest absolute Gasteiger partial charge is 0.339 e. The number of thiocarbonyl (C=S) groups is 1. The Bertz CT molecular complexity index is 1570. The maximum Gasteiger partial charge on any atom is 0.339 e. The SMILES string of the molecule is COc1ccc(N2C(=O)/C(=C/c3ccc(OS(=O)(=O)c4ccc(C)c([N+](=O)[O-])c4)cc3)SC2=S)cc1Cl. The lowest BCUT2D eigenvalue weighted by molar-refractivity contribution is -0.385. The van der Waals surface area contributed by atoms with Gasteiger partial charge in [0, 0.05) is 11.6 Å². The molecule has 0 saturated carbocycles. The lowest BCUT2D eigenvalue weighted by Gasteiger charge is -2.15. The number of amides is 1. The molecule has 1 saturated heterocycles. The molecule has 0 aliphatic carbocycles. The van der Waals surface area contributed by atoms with E-state index in [0.717, 1.165) is 17.8 Å². The number of thioether (sulfide) groups is 1. The molecule has 0 unspecified atom stereocenters. The maximum absolute atomic E-state index is 13.0. The summed E-state index contributed by atoms with van der Waals surface area (Å²) in [6.07, 6.45) is 1.62. The van der Waals surface area contributed by atoms with Gasteiger partial charge in [0.1, 0.15) is 16.4 Å². The molecule has 3 aromatic carbocycles. The van der Waals surface area contributed by atoms with Crippen LogP contribution in [0.2, 0.25) is 5.02 Å². The van der Waals surface area contributed by atoms with Crippen LogP contribution in [0.4, 0.5) is 11.4 Å². The maximum atomic E-state index is 13.0. The summed E-state index contributed by atoms with van der Waals surface area (Å²) < 4.78 is 35.9. The molecule has 0 N–H and O–H groups in total. The molecular formula is C24H17ClN2O7S3. The van der Waals surface area contributed by atoms with Gasteiger partial charge in [-0.05, 0) is 55.0 Å². The van der Waals surface area contributed by atoms with Crippen LogP contribution in [0.3, 0.4) is 0 Å². The Balaban J connectivity index is 1.52. The van der Waals surface area contributed by atoms with Crippen molar-refractivity contribution < 1.29 is 27.1 Å². The number of anilines is 1. The van der Waals surface area contributed by atoms with Crippen molar-refractivity contribution in [2.24, 2.45) is 0 Å². The van der Waals surface area contributed by atoms with Crippen LogP contribution in [-0.2, 0) is 14.9 Å². The minimum Gasteiger partial charge on any atom is -0.495 e. The Hall–Kier alpha value is -3.45. The molecule has 13 heteroatoms. The third-order valence-corrected chi connectivity index (χ3v) is 8.08. The summed E-state index contributed by atoms with van der Waals surface area (Å²) in [4.78, 5) is 24.9. The van der Waals surface area contributed by atoms with Gasteiger partial charge in [0.05, 0.1) is 27.6 Å². The van der Waals surface area contributed by atoms with Gasteiger partial charge >= 0.3 is 10.1 Å². The normalized spacial score (nSPS) is 14.8. The van der Waals surface area contributed by atoms with Gasteiger partial charge in [-0.1, -0.05) is 53.8 Å². The van der Waals surface area contributed by atoms with Crippen LogP contribution in [0, 0.1) is 17.0 Å².